The first-order valence-electron chi connectivity index (χ1n) is 9.28. The lowest BCUT2D eigenvalue weighted by atomic mass is 9.94. The summed E-state index contributed by atoms with van der Waals surface area (Å²) in [4.78, 5) is 26.4. The minimum Gasteiger partial charge on any atom is -0.463 e. The molecule has 0 radical (unpaired) electrons. The number of ether oxygens (including phenoxy) is 1. The van der Waals surface area contributed by atoms with Crippen LogP contribution in [-0.4, -0.2) is 35.0 Å². The van der Waals surface area contributed by atoms with Crippen molar-refractivity contribution >= 4 is 34.9 Å². The Kier molecular flexibility index (Phi) is 7.36. The highest BCUT2D eigenvalue weighted by Gasteiger charge is 2.34. The van der Waals surface area contributed by atoms with Crippen LogP contribution in [0.25, 0.3) is 0 Å². The normalized spacial score (nSPS) is 16.8. The predicted molar refractivity (Wildman–Crippen MR) is 110 cm³/mol. The number of hydrogen-bond donors (Lipinski definition) is 2. The molecule has 1 heterocycles. The second-order valence-electron chi connectivity index (χ2n) is 6.27. The van der Waals surface area contributed by atoms with E-state index in [1.165, 1.54) is 0 Å². The Morgan fingerprint density at radius 1 is 1.30 bits per heavy atom. The third-order valence-corrected chi connectivity index (χ3v) is 4.73. The molecule has 27 heavy (non-hydrogen) atoms. The van der Waals surface area contributed by atoms with E-state index in [4.69, 9.17) is 17.0 Å². The maximum atomic E-state index is 12.6. The van der Waals surface area contributed by atoms with Crippen LogP contribution >= 0.6 is 12.2 Å². The predicted octanol–water partition coefficient (Wildman–Crippen LogP) is 3.51. The number of benzene rings is 1. The minimum absolute atomic E-state index is 0.0312. The van der Waals surface area contributed by atoms with Gasteiger partial charge in [0.1, 0.15) is 0 Å². The SMILES string of the molecule is CCCC(=O)Nc1cccc(C2NC(=S)N(CC)C(C)=C2C(=O)OCC)c1. The highest BCUT2D eigenvalue weighted by molar-refractivity contribution is 7.80. The van der Waals surface area contributed by atoms with E-state index in [-0.39, 0.29) is 11.9 Å². The zero-order chi connectivity index (χ0) is 20.0. The molecule has 2 rings (SSSR count). The highest BCUT2D eigenvalue weighted by atomic mass is 32.1. The molecule has 0 aromatic heterocycles. The largest absolute Gasteiger partial charge is 0.463 e. The van der Waals surface area contributed by atoms with Crippen LogP contribution < -0.4 is 10.6 Å². The molecular formula is C20H27N3O3S. The first kappa shape index (κ1) is 20.9. The maximum absolute atomic E-state index is 12.6. The summed E-state index contributed by atoms with van der Waals surface area (Å²) in [5.74, 6) is -0.398. The molecule has 6 nitrogen and oxygen atoms in total. The van der Waals surface area contributed by atoms with Gasteiger partial charge in [0.15, 0.2) is 5.11 Å². The van der Waals surface area contributed by atoms with E-state index in [1.54, 1.807) is 6.92 Å². The molecule has 0 spiro atoms. The van der Waals surface area contributed by atoms with E-state index < -0.39 is 6.04 Å². The summed E-state index contributed by atoms with van der Waals surface area (Å²) in [6.45, 7) is 8.55. The van der Waals surface area contributed by atoms with Crippen LogP contribution in [0.15, 0.2) is 35.5 Å². The van der Waals surface area contributed by atoms with Crippen LogP contribution in [0.4, 0.5) is 5.69 Å². The molecule has 1 aliphatic rings. The first-order chi connectivity index (χ1) is 12.9. The molecule has 0 saturated heterocycles. The molecule has 1 amide bonds. The molecule has 0 bridgehead atoms. The Labute approximate surface area is 166 Å². The number of anilines is 1. The smallest absolute Gasteiger partial charge is 0.338 e. The molecule has 0 saturated carbocycles. The first-order valence-corrected chi connectivity index (χ1v) is 9.69. The lowest BCUT2D eigenvalue weighted by Gasteiger charge is -2.37. The van der Waals surface area contributed by atoms with Gasteiger partial charge in [-0.15, -0.1) is 0 Å². The number of carbonyl (C=O) groups is 2. The number of nitrogens with one attached hydrogen (secondary N) is 2. The molecule has 1 unspecified atom stereocenters. The molecule has 0 fully saturated rings. The van der Waals surface area contributed by atoms with Gasteiger partial charge in [-0.1, -0.05) is 19.1 Å². The molecule has 0 aliphatic carbocycles. The molecule has 7 heteroatoms. The molecule has 146 valence electrons. The third-order valence-electron chi connectivity index (χ3n) is 4.39. The summed E-state index contributed by atoms with van der Waals surface area (Å²) in [6, 6.07) is 7.02. The fourth-order valence-corrected chi connectivity index (χ4v) is 3.52. The molecule has 1 aromatic carbocycles. The highest BCUT2D eigenvalue weighted by Crippen LogP contribution is 2.32. The standard InChI is InChI=1S/C20H27N3O3S/c1-5-9-16(24)21-15-11-8-10-14(12-15)18-17(19(25)26-7-3)13(4)23(6-2)20(27)22-18/h8,10-12,18H,5-7,9H2,1-4H3,(H,21,24)(H,22,27). The van der Waals surface area contributed by atoms with Crippen molar-refractivity contribution in [2.45, 2.75) is 46.6 Å². The second-order valence-corrected chi connectivity index (χ2v) is 6.66. The summed E-state index contributed by atoms with van der Waals surface area (Å²) in [7, 11) is 0. The van der Waals surface area contributed by atoms with Crippen LogP contribution in [0.1, 0.15) is 52.1 Å². The summed E-state index contributed by atoms with van der Waals surface area (Å²) < 4.78 is 5.28. The van der Waals surface area contributed by atoms with Gasteiger partial charge >= 0.3 is 5.97 Å². The maximum Gasteiger partial charge on any atom is 0.338 e. The van der Waals surface area contributed by atoms with Gasteiger partial charge in [0.25, 0.3) is 0 Å². The molecule has 1 atom stereocenters. The third kappa shape index (κ3) is 4.86. The van der Waals surface area contributed by atoms with Crippen LogP contribution in [0.2, 0.25) is 0 Å². The number of esters is 1. The number of rotatable bonds is 7. The Bertz CT molecular complexity index is 761. The number of allylic oxidation sites excluding steroid dienone is 1. The van der Waals surface area contributed by atoms with Crippen molar-refractivity contribution in [2.75, 3.05) is 18.5 Å². The zero-order valence-electron chi connectivity index (χ0n) is 16.3. The summed E-state index contributed by atoms with van der Waals surface area (Å²) in [6.07, 6.45) is 1.25. The number of amides is 1. The average molecular weight is 390 g/mol. The van der Waals surface area contributed by atoms with Crippen LogP contribution in [0.5, 0.6) is 0 Å². The summed E-state index contributed by atoms with van der Waals surface area (Å²) in [5.41, 5.74) is 2.84. The molecule has 1 aliphatic heterocycles. The number of thiocarbonyl (C=S) groups is 1. The van der Waals surface area contributed by atoms with E-state index in [1.807, 2.05) is 49.9 Å². The van der Waals surface area contributed by atoms with Crippen molar-refractivity contribution in [3.63, 3.8) is 0 Å². The lowest BCUT2D eigenvalue weighted by molar-refractivity contribution is -0.139. The van der Waals surface area contributed by atoms with Crippen molar-refractivity contribution in [1.29, 1.82) is 0 Å². The van der Waals surface area contributed by atoms with E-state index in [2.05, 4.69) is 10.6 Å². The quantitative estimate of drug-likeness (QED) is 0.549. The van der Waals surface area contributed by atoms with Crippen molar-refractivity contribution in [3.05, 3.63) is 41.1 Å². The van der Waals surface area contributed by atoms with E-state index in [9.17, 15) is 9.59 Å². The van der Waals surface area contributed by atoms with Gasteiger partial charge in [0, 0.05) is 24.4 Å². The van der Waals surface area contributed by atoms with Gasteiger partial charge in [-0.2, -0.15) is 0 Å². The van der Waals surface area contributed by atoms with Crippen molar-refractivity contribution in [3.8, 4) is 0 Å². The lowest BCUT2D eigenvalue weighted by Crippen LogP contribution is -2.47. The van der Waals surface area contributed by atoms with E-state index >= 15 is 0 Å². The van der Waals surface area contributed by atoms with Gasteiger partial charge in [0.05, 0.1) is 18.2 Å². The Morgan fingerprint density at radius 3 is 2.67 bits per heavy atom. The summed E-state index contributed by atoms with van der Waals surface area (Å²) in [5, 5.41) is 6.70. The molecule has 1 aromatic rings. The number of carbonyl (C=O) groups excluding carboxylic acids is 2. The van der Waals surface area contributed by atoms with Gasteiger partial charge in [-0.25, -0.2) is 4.79 Å². The monoisotopic (exact) mass is 389 g/mol. The summed E-state index contributed by atoms with van der Waals surface area (Å²) >= 11 is 5.48. The fraction of sp³-hybridized carbons (Fsp3) is 0.450. The number of nitrogens with zero attached hydrogens (tertiary/aromatic N) is 1. The van der Waals surface area contributed by atoms with Crippen molar-refractivity contribution < 1.29 is 14.3 Å². The zero-order valence-corrected chi connectivity index (χ0v) is 17.1. The van der Waals surface area contributed by atoms with E-state index in [0.717, 1.165) is 17.7 Å². The van der Waals surface area contributed by atoms with Gasteiger partial charge in [-0.3, -0.25) is 4.79 Å². The minimum atomic E-state index is -0.428. The molecular weight excluding hydrogens is 362 g/mol. The Hall–Kier alpha value is -2.41. The van der Waals surface area contributed by atoms with Crippen LogP contribution in [0.3, 0.4) is 0 Å². The van der Waals surface area contributed by atoms with Crippen molar-refractivity contribution in [2.24, 2.45) is 0 Å². The van der Waals surface area contributed by atoms with Gasteiger partial charge in [0.2, 0.25) is 5.91 Å². The van der Waals surface area contributed by atoms with Crippen molar-refractivity contribution in [1.82, 2.24) is 10.2 Å². The van der Waals surface area contributed by atoms with Gasteiger partial charge in [-0.05, 0) is 57.1 Å². The number of hydrogen-bond acceptors (Lipinski definition) is 4. The van der Waals surface area contributed by atoms with Crippen LogP contribution in [-0.2, 0) is 14.3 Å². The van der Waals surface area contributed by atoms with E-state index in [0.29, 0.717) is 35.9 Å². The second kappa shape index (κ2) is 9.50. The van der Waals surface area contributed by atoms with Crippen LogP contribution in [0, 0.1) is 0 Å². The molecule has 2 N–H and O–H groups in total. The van der Waals surface area contributed by atoms with Gasteiger partial charge < -0.3 is 20.3 Å². The Balaban J connectivity index is 2.42. The topological polar surface area (TPSA) is 70.7 Å². The average Bonchev–Trinajstić information content (AvgIpc) is 2.62. The fourth-order valence-electron chi connectivity index (χ4n) is 3.13. The Morgan fingerprint density at radius 2 is 2.04 bits per heavy atom.